The Bertz CT molecular complexity index is 498. The maximum absolute atomic E-state index is 13.2. The van der Waals surface area contributed by atoms with Crippen LogP contribution >= 0.6 is 0 Å². The second-order valence-corrected chi connectivity index (χ2v) is 4.74. The van der Waals surface area contributed by atoms with Gasteiger partial charge in [-0.25, -0.2) is 4.39 Å². The molecule has 0 aliphatic heterocycles. The molecular weight excluding hydrogens is 235 g/mol. The summed E-state index contributed by atoms with van der Waals surface area (Å²) in [6.07, 6.45) is 0.610. The molecule has 2 atom stereocenters. The highest BCUT2D eigenvalue weighted by Gasteiger charge is 2.59. The molecule has 0 amide bonds. The Hall–Kier alpha value is -1.71. The zero-order valence-corrected chi connectivity index (χ0v) is 10.4. The molecule has 0 bridgehead atoms. The van der Waals surface area contributed by atoms with Crippen molar-refractivity contribution in [3.8, 4) is 0 Å². The topological polar surface area (TPSA) is 43.4 Å². The number of Topliss-reactive ketones (excluding diaryl/α,β-unsaturated/α-hetero) is 1. The number of hydrogen-bond donors (Lipinski definition) is 0. The molecule has 1 aliphatic carbocycles. The molecule has 1 fully saturated rings. The first-order valence-corrected chi connectivity index (χ1v) is 5.87. The van der Waals surface area contributed by atoms with Crippen molar-refractivity contribution in [1.29, 1.82) is 0 Å². The van der Waals surface area contributed by atoms with Crippen molar-refractivity contribution in [3.05, 3.63) is 35.6 Å². The van der Waals surface area contributed by atoms with Crippen molar-refractivity contribution in [2.45, 2.75) is 25.7 Å². The van der Waals surface area contributed by atoms with Gasteiger partial charge in [0.2, 0.25) is 0 Å². The van der Waals surface area contributed by atoms with E-state index in [1.54, 1.807) is 12.1 Å². The Balaban J connectivity index is 2.21. The van der Waals surface area contributed by atoms with Gasteiger partial charge in [-0.2, -0.15) is 0 Å². The van der Waals surface area contributed by atoms with Gasteiger partial charge in [0.25, 0.3) is 0 Å². The first-order valence-electron chi connectivity index (χ1n) is 5.87. The van der Waals surface area contributed by atoms with Gasteiger partial charge in [0.15, 0.2) is 0 Å². The van der Waals surface area contributed by atoms with E-state index in [-0.39, 0.29) is 30.1 Å². The van der Waals surface area contributed by atoms with Gasteiger partial charge in [0, 0.05) is 12.8 Å². The van der Waals surface area contributed by atoms with Crippen molar-refractivity contribution in [1.82, 2.24) is 0 Å². The molecule has 0 heterocycles. The van der Waals surface area contributed by atoms with Gasteiger partial charge in [-0.3, -0.25) is 9.59 Å². The van der Waals surface area contributed by atoms with Crippen LogP contribution in [0.2, 0.25) is 0 Å². The van der Waals surface area contributed by atoms with Crippen LogP contribution in [0.5, 0.6) is 0 Å². The van der Waals surface area contributed by atoms with Crippen LogP contribution in [0.15, 0.2) is 24.3 Å². The fraction of sp³-hybridized carbons (Fsp3) is 0.429. The molecule has 4 heteroatoms. The molecule has 0 aromatic heterocycles. The summed E-state index contributed by atoms with van der Waals surface area (Å²) in [5.74, 6) is -0.768. The van der Waals surface area contributed by atoms with Crippen molar-refractivity contribution in [3.63, 3.8) is 0 Å². The van der Waals surface area contributed by atoms with Crippen molar-refractivity contribution in [2.75, 3.05) is 6.61 Å². The van der Waals surface area contributed by atoms with E-state index < -0.39 is 5.41 Å². The Kier molecular flexibility index (Phi) is 3.20. The minimum Gasteiger partial charge on any atom is -0.466 e. The minimum absolute atomic E-state index is 0.00903. The van der Waals surface area contributed by atoms with E-state index in [0.717, 1.165) is 0 Å². The number of ketones is 1. The number of rotatable bonds is 4. The van der Waals surface area contributed by atoms with Crippen LogP contribution in [0.25, 0.3) is 0 Å². The van der Waals surface area contributed by atoms with E-state index in [1.807, 2.05) is 0 Å². The summed E-state index contributed by atoms with van der Waals surface area (Å²) in [4.78, 5) is 22.6. The summed E-state index contributed by atoms with van der Waals surface area (Å²) < 4.78 is 18.2. The average molecular weight is 250 g/mol. The lowest BCUT2D eigenvalue weighted by atomic mass is 9.89. The summed E-state index contributed by atoms with van der Waals surface area (Å²) in [5, 5.41) is 0. The SMILES string of the molecule is CC(=O)OCC1CC1(C(C)=O)c1cccc(F)c1. The zero-order chi connectivity index (χ0) is 13.3. The molecule has 18 heavy (non-hydrogen) atoms. The third kappa shape index (κ3) is 2.15. The molecule has 0 N–H and O–H groups in total. The number of carbonyl (C=O) groups excluding carboxylic acids is 2. The van der Waals surface area contributed by atoms with E-state index in [4.69, 9.17) is 4.74 Å². The van der Waals surface area contributed by atoms with Crippen LogP contribution in [0.1, 0.15) is 25.8 Å². The van der Waals surface area contributed by atoms with Crippen LogP contribution in [0.4, 0.5) is 4.39 Å². The second-order valence-electron chi connectivity index (χ2n) is 4.74. The summed E-state index contributed by atoms with van der Waals surface area (Å²) in [6.45, 7) is 3.05. The lowest BCUT2D eigenvalue weighted by molar-refractivity contribution is -0.142. The fourth-order valence-corrected chi connectivity index (χ4v) is 2.50. The van der Waals surface area contributed by atoms with E-state index in [2.05, 4.69) is 0 Å². The number of carbonyl (C=O) groups is 2. The van der Waals surface area contributed by atoms with Crippen molar-refractivity contribution in [2.24, 2.45) is 5.92 Å². The number of benzene rings is 1. The van der Waals surface area contributed by atoms with Crippen LogP contribution in [0.3, 0.4) is 0 Å². The number of esters is 1. The number of ether oxygens (including phenoxy) is 1. The predicted molar refractivity (Wildman–Crippen MR) is 63.5 cm³/mol. The molecule has 1 saturated carbocycles. The van der Waals surface area contributed by atoms with Crippen LogP contribution in [0, 0.1) is 11.7 Å². The molecule has 2 unspecified atom stereocenters. The van der Waals surface area contributed by atoms with Crippen LogP contribution in [-0.2, 0) is 19.7 Å². The normalized spacial score (nSPS) is 25.6. The van der Waals surface area contributed by atoms with Crippen LogP contribution < -0.4 is 0 Å². The smallest absolute Gasteiger partial charge is 0.302 e. The lowest BCUT2D eigenvalue weighted by Crippen LogP contribution is -2.22. The first-order chi connectivity index (χ1) is 8.46. The highest BCUT2D eigenvalue weighted by molar-refractivity contribution is 5.92. The highest BCUT2D eigenvalue weighted by atomic mass is 19.1. The molecule has 0 radical (unpaired) electrons. The third-order valence-corrected chi connectivity index (χ3v) is 3.56. The van der Waals surface area contributed by atoms with Crippen molar-refractivity contribution < 1.29 is 18.7 Å². The number of hydrogen-bond acceptors (Lipinski definition) is 3. The van der Waals surface area contributed by atoms with E-state index in [0.29, 0.717) is 12.0 Å². The lowest BCUT2D eigenvalue weighted by Gasteiger charge is -2.14. The van der Waals surface area contributed by atoms with Gasteiger partial charge in [0.05, 0.1) is 12.0 Å². The van der Waals surface area contributed by atoms with Gasteiger partial charge in [0.1, 0.15) is 11.6 Å². The van der Waals surface area contributed by atoms with Gasteiger partial charge in [-0.1, -0.05) is 12.1 Å². The summed E-state index contributed by atoms with van der Waals surface area (Å²) in [6, 6.07) is 6.07. The van der Waals surface area contributed by atoms with Crippen LogP contribution in [-0.4, -0.2) is 18.4 Å². The molecule has 1 aromatic carbocycles. The van der Waals surface area contributed by atoms with Gasteiger partial charge >= 0.3 is 5.97 Å². The zero-order valence-electron chi connectivity index (χ0n) is 10.4. The maximum atomic E-state index is 13.2. The monoisotopic (exact) mass is 250 g/mol. The molecule has 3 nitrogen and oxygen atoms in total. The van der Waals surface area contributed by atoms with E-state index in [1.165, 1.54) is 26.0 Å². The Morgan fingerprint density at radius 1 is 1.44 bits per heavy atom. The second kappa shape index (κ2) is 4.52. The van der Waals surface area contributed by atoms with E-state index in [9.17, 15) is 14.0 Å². The highest BCUT2D eigenvalue weighted by Crippen LogP contribution is 2.55. The van der Waals surface area contributed by atoms with E-state index >= 15 is 0 Å². The van der Waals surface area contributed by atoms with Gasteiger partial charge in [-0.15, -0.1) is 0 Å². The quantitative estimate of drug-likeness (QED) is 0.770. The minimum atomic E-state index is -0.669. The Morgan fingerprint density at radius 3 is 2.72 bits per heavy atom. The summed E-state index contributed by atoms with van der Waals surface area (Å²) in [5.41, 5.74) is 0.00419. The van der Waals surface area contributed by atoms with Crippen molar-refractivity contribution >= 4 is 11.8 Å². The largest absolute Gasteiger partial charge is 0.466 e. The first kappa shape index (κ1) is 12.7. The third-order valence-electron chi connectivity index (χ3n) is 3.56. The average Bonchev–Trinajstić information content (AvgIpc) is 3.02. The maximum Gasteiger partial charge on any atom is 0.302 e. The molecule has 2 rings (SSSR count). The van der Waals surface area contributed by atoms with Gasteiger partial charge < -0.3 is 4.74 Å². The number of halogens is 1. The summed E-state index contributed by atoms with van der Waals surface area (Å²) in [7, 11) is 0. The molecule has 0 saturated heterocycles. The Morgan fingerprint density at radius 2 is 2.17 bits per heavy atom. The fourth-order valence-electron chi connectivity index (χ4n) is 2.50. The molecular formula is C14H15FO3. The Labute approximate surface area is 105 Å². The molecule has 1 aliphatic rings. The molecule has 0 spiro atoms. The predicted octanol–water partition coefficient (Wildman–Crippen LogP) is 2.24. The molecule has 1 aromatic rings. The van der Waals surface area contributed by atoms with Gasteiger partial charge in [-0.05, 0) is 31.0 Å². The summed E-state index contributed by atoms with van der Waals surface area (Å²) >= 11 is 0. The molecule has 96 valence electrons. The standard InChI is InChI=1S/C14H15FO3/c1-9(16)14(7-12(14)8-18-10(2)17)11-4-3-5-13(15)6-11/h3-6,12H,7-8H2,1-2H3.